The number of aromatic nitrogens is 2. The number of nitrogens with zero attached hydrogens (tertiary/aromatic N) is 2. The molecule has 0 unspecified atom stereocenters. The summed E-state index contributed by atoms with van der Waals surface area (Å²) in [7, 11) is 3.18. The number of rotatable bonds is 8. The first-order chi connectivity index (χ1) is 12.0. The molecule has 2 N–H and O–H groups in total. The number of carbonyl (C=O) groups excluding carboxylic acids is 1. The molecule has 0 spiro atoms. The molecule has 1 amide bonds. The minimum Gasteiger partial charge on any atom is -0.495 e. The van der Waals surface area contributed by atoms with Crippen molar-refractivity contribution in [2.75, 3.05) is 38.0 Å². The van der Waals surface area contributed by atoms with E-state index in [0.717, 1.165) is 6.42 Å². The number of anilines is 2. The van der Waals surface area contributed by atoms with Crippen LogP contribution in [0.1, 0.15) is 22.6 Å². The van der Waals surface area contributed by atoms with Crippen molar-refractivity contribution in [3.63, 3.8) is 0 Å². The van der Waals surface area contributed by atoms with Gasteiger partial charge in [0.2, 0.25) is 5.95 Å². The Kier molecular flexibility index (Phi) is 6.97. The lowest BCUT2D eigenvalue weighted by Crippen LogP contribution is -2.16. The predicted molar refractivity (Wildman–Crippen MR) is 97.7 cm³/mol. The molecule has 0 aliphatic heterocycles. The molecule has 0 saturated heterocycles. The van der Waals surface area contributed by atoms with E-state index in [4.69, 9.17) is 21.1 Å². The van der Waals surface area contributed by atoms with Crippen molar-refractivity contribution in [1.29, 1.82) is 0 Å². The molecule has 0 saturated carbocycles. The summed E-state index contributed by atoms with van der Waals surface area (Å²) in [5, 5.41) is 6.26. The van der Waals surface area contributed by atoms with E-state index in [1.54, 1.807) is 31.4 Å². The second-order valence-electron chi connectivity index (χ2n) is 5.29. The number of methoxy groups -OCH3 is 2. The molecule has 1 aromatic heterocycles. The highest BCUT2D eigenvalue weighted by Gasteiger charge is 2.12. The average Bonchev–Trinajstić information content (AvgIpc) is 2.58. The molecule has 0 atom stereocenters. The van der Waals surface area contributed by atoms with Gasteiger partial charge in [0.05, 0.1) is 12.1 Å². The van der Waals surface area contributed by atoms with Gasteiger partial charge in [0.25, 0.3) is 5.91 Å². The first-order valence-corrected chi connectivity index (χ1v) is 8.14. The Morgan fingerprint density at radius 2 is 2.04 bits per heavy atom. The van der Waals surface area contributed by atoms with Gasteiger partial charge in [-0.2, -0.15) is 0 Å². The van der Waals surface area contributed by atoms with Crippen LogP contribution in [0.4, 0.5) is 11.6 Å². The number of nitrogens with one attached hydrogen (secondary N) is 2. The highest BCUT2D eigenvalue weighted by Crippen LogP contribution is 2.27. The number of hydrogen-bond acceptors (Lipinski definition) is 6. The maximum absolute atomic E-state index is 12.4. The van der Waals surface area contributed by atoms with E-state index in [9.17, 15) is 4.79 Å². The highest BCUT2D eigenvalue weighted by atomic mass is 35.5. The van der Waals surface area contributed by atoms with Gasteiger partial charge in [0, 0.05) is 31.6 Å². The molecule has 0 aliphatic rings. The van der Waals surface area contributed by atoms with Gasteiger partial charge in [-0.1, -0.05) is 11.6 Å². The number of aryl methyl sites for hydroxylation is 1. The molecule has 2 aromatic rings. The van der Waals surface area contributed by atoms with Crippen molar-refractivity contribution in [2.45, 2.75) is 13.3 Å². The summed E-state index contributed by atoms with van der Waals surface area (Å²) in [6, 6.07) is 6.64. The van der Waals surface area contributed by atoms with Crippen molar-refractivity contribution in [3.05, 3.63) is 40.7 Å². The Hall–Kier alpha value is -2.38. The summed E-state index contributed by atoms with van der Waals surface area (Å²) in [5.41, 5.74) is 1.53. The average molecular weight is 365 g/mol. The minimum absolute atomic E-state index is 0.272. The number of ether oxygens (including phenoxy) is 2. The van der Waals surface area contributed by atoms with Crippen molar-refractivity contribution in [3.8, 4) is 5.75 Å². The fraction of sp³-hybridized carbons (Fsp3) is 0.353. The molecule has 1 aromatic carbocycles. The smallest absolute Gasteiger partial charge is 0.274 e. The fourth-order valence-corrected chi connectivity index (χ4v) is 2.38. The molecule has 0 aliphatic carbocycles. The van der Waals surface area contributed by atoms with Crippen LogP contribution in [0, 0.1) is 6.92 Å². The van der Waals surface area contributed by atoms with E-state index in [2.05, 4.69) is 20.6 Å². The van der Waals surface area contributed by atoms with Crippen LogP contribution < -0.4 is 15.4 Å². The maximum atomic E-state index is 12.4. The van der Waals surface area contributed by atoms with Crippen LogP contribution in [0.15, 0.2) is 24.3 Å². The van der Waals surface area contributed by atoms with Gasteiger partial charge < -0.3 is 20.1 Å². The molecule has 25 heavy (non-hydrogen) atoms. The topological polar surface area (TPSA) is 85.4 Å². The van der Waals surface area contributed by atoms with Crippen LogP contribution in [0.25, 0.3) is 0 Å². The fourth-order valence-electron chi connectivity index (χ4n) is 2.12. The Morgan fingerprint density at radius 3 is 2.72 bits per heavy atom. The molecular weight excluding hydrogens is 344 g/mol. The number of benzene rings is 1. The zero-order valence-electron chi connectivity index (χ0n) is 14.4. The Morgan fingerprint density at radius 1 is 1.24 bits per heavy atom. The van der Waals surface area contributed by atoms with Gasteiger partial charge in [-0.3, -0.25) is 4.79 Å². The normalized spacial score (nSPS) is 10.4. The Labute approximate surface area is 151 Å². The van der Waals surface area contributed by atoms with Crippen LogP contribution in [0.3, 0.4) is 0 Å². The van der Waals surface area contributed by atoms with Crippen LogP contribution in [-0.2, 0) is 4.74 Å². The van der Waals surface area contributed by atoms with E-state index in [-0.39, 0.29) is 11.6 Å². The first kappa shape index (κ1) is 19.0. The molecule has 7 nitrogen and oxygen atoms in total. The van der Waals surface area contributed by atoms with Gasteiger partial charge in [-0.15, -0.1) is 0 Å². The molecule has 8 heteroatoms. The molecule has 0 radical (unpaired) electrons. The molecule has 134 valence electrons. The zero-order valence-corrected chi connectivity index (χ0v) is 15.2. The molecule has 0 bridgehead atoms. The predicted octanol–water partition coefficient (Wildman–Crippen LogP) is 3.15. The quantitative estimate of drug-likeness (QED) is 0.700. The summed E-state index contributed by atoms with van der Waals surface area (Å²) < 4.78 is 10.1. The van der Waals surface area contributed by atoms with Crippen molar-refractivity contribution in [1.82, 2.24) is 9.97 Å². The summed E-state index contributed by atoms with van der Waals surface area (Å²) in [6.45, 7) is 3.11. The van der Waals surface area contributed by atoms with Gasteiger partial charge in [-0.05, 0) is 37.6 Å². The number of amides is 1. The van der Waals surface area contributed by atoms with Crippen molar-refractivity contribution >= 4 is 29.1 Å². The second kappa shape index (κ2) is 9.19. The van der Waals surface area contributed by atoms with Crippen LogP contribution in [-0.4, -0.2) is 43.2 Å². The first-order valence-electron chi connectivity index (χ1n) is 7.77. The Bertz CT molecular complexity index is 740. The van der Waals surface area contributed by atoms with E-state index in [1.165, 1.54) is 7.11 Å². The third kappa shape index (κ3) is 5.58. The van der Waals surface area contributed by atoms with Crippen molar-refractivity contribution < 1.29 is 14.3 Å². The third-order valence-corrected chi connectivity index (χ3v) is 3.60. The Balaban J connectivity index is 2.08. The lowest BCUT2D eigenvalue weighted by atomic mass is 10.2. The molecule has 1 heterocycles. The molecule has 2 rings (SSSR count). The van der Waals surface area contributed by atoms with E-state index in [0.29, 0.717) is 41.3 Å². The van der Waals surface area contributed by atoms with E-state index >= 15 is 0 Å². The van der Waals surface area contributed by atoms with Crippen LogP contribution >= 0.6 is 11.6 Å². The molecular formula is C17H21ClN4O3. The number of hydrogen-bond donors (Lipinski definition) is 2. The van der Waals surface area contributed by atoms with Crippen molar-refractivity contribution in [2.24, 2.45) is 0 Å². The van der Waals surface area contributed by atoms with Gasteiger partial charge in [0.1, 0.15) is 11.4 Å². The third-order valence-electron chi connectivity index (χ3n) is 3.30. The van der Waals surface area contributed by atoms with Gasteiger partial charge in [-0.25, -0.2) is 9.97 Å². The standard InChI is InChI=1S/C17H21ClN4O3/c1-11-9-14(22-17(20-11)19-7-4-8-24-2)16(23)21-12-5-6-15(25-3)13(18)10-12/h5-6,9-10H,4,7-8H2,1-3H3,(H,21,23)(H,19,20,22). The SMILES string of the molecule is COCCCNc1nc(C)cc(C(=O)Nc2ccc(OC)c(Cl)c2)n1. The lowest BCUT2D eigenvalue weighted by Gasteiger charge is -2.10. The largest absolute Gasteiger partial charge is 0.495 e. The monoisotopic (exact) mass is 364 g/mol. The van der Waals surface area contributed by atoms with Gasteiger partial charge >= 0.3 is 0 Å². The number of carbonyl (C=O) groups is 1. The summed E-state index contributed by atoms with van der Waals surface area (Å²) in [6.07, 6.45) is 0.819. The summed E-state index contributed by atoms with van der Waals surface area (Å²) in [4.78, 5) is 21.0. The summed E-state index contributed by atoms with van der Waals surface area (Å²) in [5.74, 6) is 0.612. The lowest BCUT2D eigenvalue weighted by molar-refractivity contribution is 0.102. The maximum Gasteiger partial charge on any atom is 0.274 e. The van der Waals surface area contributed by atoms with Crippen LogP contribution in [0.5, 0.6) is 5.75 Å². The van der Waals surface area contributed by atoms with E-state index in [1.807, 2.05) is 6.92 Å². The van der Waals surface area contributed by atoms with Gasteiger partial charge in [0.15, 0.2) is 0 Å². The zero-order chi connectivity index (χ0) is 18.2. The highest BCUT2D eigenvalue weighted by molar-refractivity contribution is 6.32. The number of halogens is 1. The van der Waals surface area contributed by atoms with Crippen LogP contribution in [0.2, 0.25) is 5.02 Å². The molecule has 0 fully saturated rings. The minimum atomic E-state index is -0.341. The van der Waals surface area contributed by atoms with E-state index < -0.39 is 0 Å². The summed E-state index contributed by atoms with van der Waals surface area (Å²) >= 11 is 6.07. The second-order valence-corrected chi connectivity index (χ2v) is 5.70.